The highest BCUT2D eigenvalue weighted by molar-refractivity contribution is 6.29. The number of rotatable bonds is 7. The monoisotopic (exact) mass is 350 g/mol. The zero-order valence-corrected chi connectivity index (χ0v) is 13.7. The minimum absolute atomic E-state index is 0.229. The number of nitrogens with two attached hydrogens (primary N) is 2. The van der Waals surface area contributed by atoms with Gasteiger partial charge in [0.1, 0.15) is 0 Å². The van der Waals surface area contributed by atoms with Gasteiger partial charge in [0.25, 0.3) is 17.4 Å². The van der Waals surface area contributed by atoms with Crippen molar-refractivity contribution in [2.24, 2.45) is 17.4 Å². The molecule has 0 aromatic rings. The molecule has 1 rings (SSSR count). The van der Waals surface area contributed by atoms with Crippen LogP contribution in [0.2, 0.25) is 0 Å². The van der Waals surface area contributed by atoms with Gasteiger partial charge in [-0.05, 0) is 12.3 Å². The van der Waals surface area contributed by atoms with E-state index in [1.54, 1.807) is 0 Å². The van der Waals surface area contributed by atoms with E-state index < -0.39 is 29.4 Å². The molecule has 1 aliphatic rings. The number of nitrogens with one attached hydrogen (secondary N) is 1. The van der Waals surface area contributed by atoms with Gasteiger partial charge in [0.2, 0.25) is 5.91 Å². The highest BCUT2D eigenvalue weighted by Gasteiger charge is 2.27. The number of primary amides is 1. The Balaban J connectivity index is 2.55. The summed E-state index contributed by atoms with van der Waals surface area (Å²) in [6.45, 7) is -0.261. The average Bonchev–Trinajstić information content (AvgIpc) is 2.51. The first kappa shape index (κ1) is 19.6. The second kappa shape index (κ2) is 9.67. The van der Waals surface area contributed by atoms with Crippen LogP contribution in [0.1, 0.15) is 44.9 Å². The first-order valence-corrected chi connectivity index (χ1v) is 8.18. The molecule has 0 radical (unpaired) electrons. The van der Waals surface area contributed by atoms with Crippen molar-refractivity contribution in [1.82, 2.24) is 10.4 Å². The van der Waals surface area contributed by atoms with Gasteiger partial charge in [-0.1, -0.05) is 43.7 Å². The molecule has 5 N–H and O–H groups in total. The summed E-state index contributed by atoms with van der Waals surface area (Å²) in [6, 6.07) is -0.810. The van der Waals surface area contributed by atoms with Crippen molar-refractivity contribution in [3.8, 4) is 0 Å². The number of carbonyl (C=O) groups excluding carboxylic acids is 3. The van der Waals surface area contributed by atoms with Crippen LogP contribution in [0.5, 0.6) is 0 Å². The zero-order valence-electron chi connectivity index (χ0n) is 13.0. The molecule has 0 spiro atoms. The Morgan fingerprint density at radius 3 is 2.39 bits per heavy atom. The van der Waals surface area contributed by atoms with Crippen LogP contribution < -0.4 is 16.9 Å². The van der Waals surface area contributed by atoms with Gasteiger partial charge >= 0.3 is 0 Å². The molecule has 0 bridgehead atoms. The number of nitrogens with zero attached hydrogens (tertiary/aromatic N) is 1. The van der Waals surface area contributed by atoms with Crippen LogP contribution in [0.25, 0.3) is 0 Å². The molecule has 23 heavy (non-hydrogen) atoms. The number of alkyl halides is 2. The third-order valence-electron chi connectivity index (χ3n) is 3.93. The van der Waals surface area contributed by atoms with Crippen molar-refractivity contribution in [2.45, 2.75) is 56.6 Å². The van der Waals surface area contributed by atoms with Crippen LogP contribution in [0, 0.1) is 5.92 Å². The fraction of sp³-hybridized carbons (Fsp3) is 0.786. The summed E-state index contributed by atoms with van der Waals surface area (Å²) in [4.78, 5) is 34.5. The Morgan fingerprint density at radius 1 is 1.26 bits per heavy atom. The van der Waals surface area contributed by atoms with Crippen molar-refractivity contribution < 1.29 is 18.8 Å². The van der Waals surface area contributed by atoms with Gasteiger partial charge in [0, 0.05) is 6.42 Å². The summed E-state index contributed by atoms with van der Waals surface area (Å²) in [5, 5.41) is 0.658. The molecule has 7 nitrogen and oxygen atoms in total. The van der Waals surface area contributed by atoms with Crippen LogP contribution in [-0.2, 0) is 14.4 Å². The normalized spacial score (nSPS) is 18.0. The Labute approximate surface area is 139 Å². The highest BCUT2D eigenvalue weighted by atomic mass is 35.5. The Kier molecular flexibility index (Phi) is 8.25. The first-order chi connectivity index (χ1) is 10.8. The summed E-state index contributed by atoms with van der Waals surface area (Å²) in [5.41, 5.74) is 10.8. The molecule has 0 aromatic carbocycles. The number of carbonyl (C=O) groups is 3. The molecule has 0 saturated heterocycles. The van der Waals surface area contributed by atoms with E-state index in [0.29, 0.717) is 17.3 Å². The van der Waals surface area contributed by atoms with Gasteiger partial charge in [-0.3, -0.25) is 19.8 Å². The quantitative estimate of drug-likeness (QED) is 0.459. The maximum atomic E-state index is 13.0. The van der Waals surface area contributed by atoms with E-state index in [1.165, 1.54) is 6.42 Å². The minimum atomic E-state index is -2.32. The lowest BCUT2D eigenvalue weighted by atomic mass is 9.85. The van der Waals surface area contributed by atoms with Crippen molar-refractivity contribution in [3.05, 3.63) is 0 Å². The number of hydrogen-bond acceptors (Lipinski definition) is 4. The van der Waals surface area contributed by atoms with Crippen LogP contribution in [0.4, 0.5) is 4.39 Å². The summed E-state index contributed by atoms with van der Waals surface area (Å²) in [7, 11) is 0. The van der Waals surface area contributed by atoms with Gasteiger partial charge in [-0.15, -0.1) is 0 Å². The third kappa shape index (κ3) is 7.13. The predicted molar refractivity (Wildman–Crippen MR) is 83.6 cm³/mol. The van der Waals surface area contributed by atoms with E-state index in [9.17, 15) is 18.8 Å². The maximum Gasteiger partial charge on any atom is 0.291 e. The Hall–Kier alpha value is -1.41. The molecule has 0 heterocycles. The number of hydrazine groups is 1. The van der Waals surface area contributed by atoms with E-state index >= 15 is 0 Å². The number of hydrogen-bond donors (Lipinski definition) is 3. The third-order valence-corrected chi connectivity index (χ3v) is 4.12. The van der Waals surface area contributed by atoms with E-state index in [4.69, 9.17) is 23.1 Å². The average molecular weight is 351 g/mol. The van der Waals surface area contributed by atoms with Gasteiger partial charge < -0.3 is 11.5 Å². The lowest BCUT2D eigenvalue weighted by Gasteiger charge is -2.27. The van der Waals surface area contributed by atoms with Crippen molar-refractivity contribution in [2.75, 3.05) is 6.54 Å². The van der Waals surface area contributed by atoms with Crippen molar-refractivity contribution in [3.63, 3.8) is 0 Å². The van der Waals surface area contributed by atoms with E-state index in [-0.39, 0.29) is 13.0 Å². The van der Waals surface area contributed by atoms with Gasteiger partial charge in [-0.2, -0.15) is 0 Å². The molecular weight excluding hydrogens is 327 g/mol. The predicted octanol–water partition coefficient (Wildman–Crippen LogP) is 0.554. The second-order valence-electron chi connectivity index (χ2n) is 5.83. The van der Waals surface area contributed by atoms with Crippen molar-refractivity contribution >= 4 is 29.3 Å². The molecule has 2 atom stereocenters. The zero-order chi connectivity index (χ0) is 17.4. The van der Waals surface area contributed by atoms with Gasteiger partial charge in [0.05, 0.1) is 12.6 Å². The fourth-order valence-corrected chi connectivity index (χ4v) is 2.78. The van der Waals surface area contributed by atoms with E-state index in [0.717, 1.165) is 25.7 Å². The highest BCUT2D eigenvalue weighted by Crippen LogP contribution is 2.26. The molecule has 1 fully saturated rings. The molecule has 1 unspecified atom stereocenters. The molecular formula is C14H24ClFN4O3. The standard InChI is InChI=1S/C14H24ClFN4O3/c15-12(16)14(23)20(7-6-11(18)21)19-13(22)10(17)8-9-4-2-1-3-5-9/h9-10,12H,1-8,17H2,(H2,18,21)(H,19,22)/t10-,12?/m0/s1. The van der Waals surface area contributed by atoms with Crippen LogP contribution in [-0.4, -0.2) is 40.9 Å². The summed E-state index contributed by atoms with van der Waals surface area (Å²) in [6.07, 6.45) is 5.77. The summed E-state index contributed by atoms with van der Waals surface area (Å²) < 4.78 is 13.0. The lowest BCUT2D eigenvalue weighted by molar-refractivity contribution is -0.144. The van der Waals surface area contributed by atoms with Crippen LogP contribution in [0.15, 0.2) is 0 Å². The molecule has 1 aliphatic carbocycles. The molecule has 9 heteroatoms. The second-order valence-corrected chi connectivity index (χ2v) is 6.21. The van der Waals surface area contributed by atoms with E-state index in [1.807, 2.05) is 0 Å². The smallest absolute Gasteiger partial charge is 0.291 e. The van der Waals surface area contributed by atoms with E-state index in [2.05, 4.69) is 5.43 Å². The molecule has 132 valence electrons. The Morgan fingerprint density at radius 2 is 1.87 bits per heavy atom. The fourth-order valence-electron chi connectivity index (χ4n) is 2.67. The summed E-state index contributed by atoms with van der Waals surface area (Å²) in [5.74, 6) is -2.08. The summed E-state index contributed by atoms with van der Waals surface area (Å²) >= 11 is 5.10. The van der Waals surface area contributed by atoms with Crippen LogP contribution in [0.3, 0.4) is 0 Å². The molecule has 0 aromatic heterocycles. The number of halogens is 2. The largest absolute Gasteiger partial charge is 0.370 e. The van der Waals surface area contributed by atoms with Crippen molar-refractivity contribution in [1.29, 1.82) is 0 Å². The van der Waals surface area contributed by atoms with Gasteiger partial charge in [-0.25, -0.2) is 9.40 Å². The molecule has 0 aliphatic heterocycles. The first-order valence-electron chi connectivity index (χ1n) is 7.75. The SMILES string of the molecule is NC(=O)CCN(NC(=O)[C@@H](N)CC1CCCCC1)C(=O)C(F)Cl. The minimum Gasteiger partial charge on any atom is -0.370 e. The maximum absolute atomic E-state index is 13.0. The molecule has 1 saturated carbocycles. The molecule has 3 amide bonds. The van der Waals surface area contributed by atoms with Gasteiger partial charge in [0.15, 0.2) is 0 Å². The van der Waals surface area contributed by atoms with Crippen LogP contribution >= 0.6 is 11.6 Å². The topological polar surface area (TPSA) is 119 Å². The number of amides is 3. The lowest BCUT2D eigenvalue weighted by Crippen LogP contribution is -2.54. The Bertz CT molecular complexity index is 430.